The van der Waals surface area contributed by atoms with Gasteiger partial charge in [0.1, 0.15) is 0 Å². The second-order valence-electron chi connectivity index (χ2n) is 2.15. The minimum Gasteiger partial charge on any atom is -0.335 e. The van der Waals surface area contributed by atoms with E-state index in [1.54, 1.807) is 0 Å². The second-order valence-corrected chi connectivity index (χ2v) is 2.15. The third-order valence-electron chi connectivity index (χ3n) is 1.07. The summed E-state index contributed by atoms with van der Waals surface area (Å²) in [6.45, 7) is 4.00. The third-order valence-corrected chi connectivity index (χ3v) is 1.07. The van der Waals surface area contributed by atoms with E-state index >= 15 is 0 Å². The predicted molar refractivity (Wildman–Crippen MR) is 38.4 cm³/mol. The van der Waals surface area contributed by atoms with Crippen LogP contribution >= 0.6 is 0 Å². The Bertz CT molecular complexity index is 23.9. The largest absolute Gasteiger partial charge is 2.00 e. The van der Waals surface area contributed by atoms with Crippen LogP contribution in [0.1, 0.15) is 39.5 Å². The van der Waals surface area contributed by atoms with Crippen molar-refractivity contribution in [1.82, 2.24) is 0 Å². The first kappa shape index (κ1) is 12.3. The Morgan fingerprint density at radius 1 is 1.11 bits per heavy atom. The molecule has 0 unspecified atom stereocenters. The van der Waals surface area contributed by atoms with Crippen LogP contribution in [0, 0.1) is 12.8 Å². The summed E-state index contributed by atoms with van der Waals surface area (Å²) >= 11 is 0. The van der Waals surface area contributed by atoms with Crippen LogP contribution in [-0.2, 0) is 18.6 Å². The maximum Gasteiger partial charge on any atom is 2.00 e. The Labute approximate surface area is 71.3 Å². The van der Waals surface area contributed by atoms with E-state index in [-0.39, 0.29) is 18.6 Å². The Morgan fingerprint density at radius 3 is 1.56 bits per heavy atom. The summed E-state index contributed by atoms with van der Waals surface area (Å²) in [4.78, 5) is 0. The van der Waals surface area contributed by atoms with Gasteiger partial charge >= 0.3 is 18.6 Å². The van der Waals surface area contributed by atoms with Gasteiger partial charge in [0.2, 0.25) is 0 Å². The summed E-state index contributed by atoms with van der Waals surface area (Å²) in [5, 5.41) is 0. The van der Waals surface area contributed by atoms with Crippen molar-refractivity contribution in [3.8, 4) is 0 Å². The molecule has 1 fully saturated rings. The van der Waals surface area contributed by atoms with Crippen molar-refractivity contribution in [3.05, 3.63) is 12.8 Å². The van der Waals surface area contributed by atoms with Crippen LogP contribution in [-0.4, -0.2) is 0 Å². The van der Waals surface area contributed by atoms with E-state index < -0.39 is 0 Å². The summed E-state index contributed by atoms with van der Waals surface area (Å²) in [6.07, 6.45) is 10.0. The minimum absolute atomic E-state index is 0. The molecule has 0 aromatic carbocycles. The quantitative estimate of drug-likeness (QED) is 0.481. The topological polar surface area (TPSA) is 0 Å². The van der Waals surface area contributed by atoms with Gasteiger partial charge in [0.15, 0.2) is 0 Å². The SMILES string of the molecule is C[CH-]C.[CH-]1CCCC1.[V+2]. The molecule has 1 radical (unpaired) electrons. The second kappa shape index (κ2) is 11.4. The fraction of sp³-hybridized carbons (Fsp3) is 0.750. The maximum atomic E-state index is 2.36. The number of hydrogen-bond donors (Lipinski definition) is 0. The molecule has 0 aliphatic heterocycles. The zero-order chi connectivity index (χ0) is 6.24. The molecule has 0 bridgehead atoms. The zero-order valence-corrected chi connectivity index (χ0v) is 7.83. The van der Waals surface area contributed by atoms with Crippen molar-refractivity contribution < 1.29 is 18.6 Å². The van der Waals surface area contributed by atoms with Crippen molar-refractivity contribution >= 4 is 0 Å². The van der Waals surface area contributed by atoms with Crippen LogP contribution in [0.5, 0.6) is 0 Å². The summed E-state index contributed by atoms with van der Waals surface area (Å²) in [5.41, 5.74) is 0. The summed E-state index contributed by atoms with van der Waals surface area (Å²) < 4.78 is 0. The molecule has 0 heterocycles. The molecule has 1 rings (SSSR count). The average Bonchev–Trinajstić information content (AvgIpc) is 2.17. The van der Waals surface area contributed by atoms with Crippen LogP contribution in [0.15, 0.2) is 0 Å². The molecule has 0 amide bonds. The van der Waals surface area contributed by atoms with Gasteiger partial charge in [-0.3, -0.25) is 0 Å². The third kappa shape index (κ3) is 11.9. The van der Waals surface area contributed by atoms with Gasteiger partial charge in [-0.15, -0.1) is 0 Å². The number of rotatable bonds is 0. The van der Waals surface area contributed by atoms with Crippen LogP contribution in [0.3, 0.4) is 0 Å². The van der Waals surface area contributed by atoms with Gasteiger partial charge in [-0.2, -0.15) is 26.7 Å². The first-order valence-corrected chi connectivity index (χ1v) is 3.47. The molecule has 1 aliphatic rings. The molecule has 0 spiro atoms. The molecule has 0 atom stereocenters. The van der Waals surface area contributed by atoms with Gasteiger partial charge in [-0.05, 0) is 0 Å². The molecule has 0 saturated heterocycles. The molecule has 1 heteroatoms. The monoisotopic (exact) mass is 163 g/mol. The summed E-state index contributed by atoms with van der Waals surface area (Å²) in [6, 6.07) is 0. The molecular weight excluding hydrogens is 147 g/mol. The van der Waals surface area contributed by atoms with Crippen LogP contribution in [0.4, 0.5) is 0 Å². The average molecular weight is 163 g/mol. The fourth-order valence-corrected chi connectivity index (χ4v) is 0.722. The van der Waals surface area contributed by atoms with E-state index in [9.17, 15) is 0 Å². The Kier molecular flexibility index (Phi) is 15.5. The fourth-order valence-electron chi connectivity index (χ4n) is 0.722. The van der Waals surface area contributed by atoms with Gasteiger partial charge in [-0.25, -0.2) is 0 Å². The Morgan fingerprint density at radius 2 is 1.44 bits per heavy atom. The standard InChI is InChI=1S/C5H9.C3H7.V/c1-2-4-5-3-1;1-3-2;/h1H,2-5H2;3H,1-2H3;/q2*-1;+2. The van der Waals surface area contributed by atoms with Gasteiger partial charge in [0.25, 0.3) is 0 Å². The van der Waals surface area contributed by atoms with Crippen molar-refractivity contribution in [2.24, 2.45) is 0 Å². The molecule has 0 aromatic rings. The Hall–Kier alpha value is 0.584. The van der Waals surface area contributed by atoms with Crippen molar-refractivity contribution in [2.75, 3.05) is 0 Å². The van der Waals surface area contributed by atoms with Gasteiger partial charge < -0.3 is 12.8 Å². The van der Waals surface area contributed by atoms with E-state index in [2.05, 4.69) is 6.42 Å². The first-order valence-electron chi connectivity index (χ1n) is 3.47. The van der Waals surface area contributed by atoms with E-state index in [0.717, 1.165) is 0 Å². The van der Waals surface area contributed by atoms with Crippen LogP contribution in [0.2, 0.25) is 0 Å². The number of hydrogen-bond acceptors (Lipinski definition) is 0. The van der Waals surface area contributed by atoms with Gasteiger partial charge in [0.05, 0.1) is 0 Å². The van der Waals surface area contributed by atoms with Crippen molar-refractivity contribution in [2.45, 2.75) is 39.5 Å². The predicted octanol–water partition coefficient (Wildman–Crippen LogP) is 2.99. The molecule has 0 N–H and O–H groups in total. The summed E-state index contributed by atoms with van der Waals surface area (Å²) in [5.74, 6) is 0. The van der Waals surface area contributed by atoms with Gasteiger partial charge in [-0.1, -0.05) is 12.8 Å². The maximum absolute atomic E-state index is 2.36. The summed E-state index contributed by atoms with van der Waals surface area (Å²) in [7, 11) is 0. The molecule has 9 heavy (non-hydrogen) atoms. The molecule has 53 valence electrons. The first-order chi connectivity index (χ1) is 3.91. The zero-order valence-electron chi connectivity index (χ0n) is 6.43. The Balaban J connectivity index is 0. The van der Waals surface area contributed by atoms with E-state index in [0.29, 0.717) is 0 Å². The normalized spacial score (nSPS) is 15.3. The minimum atomic E-state index is 0. The molecule has 0 aromatic heterocycles. The van der Waals surface area contributed by atoms with E-state index in [1.165, 1.54) is 25.7 Å². The molecule has 1 aliphatic carbocycles. The smallest absolute Gasteiger partial charge is 0.335 e. The van der Waals surface area contributed by atoms with E-state index in [4.69, 9.17) is 0 Å². The van der Waals surface area contributed by atoms with Crippen molar-refractivity contribution in [3.63, 3.8) is 0 Å². The van der Waals surface area contributed by atoms with Crippen LogP contribution < -0.4 is 0 Å². The van der Waals surface area contributed by atoms with Gasteiger partial charge in [0, 0.05) is 0 Å². The molecular formula is C8H16V. The van der Waals surface area contributed by atoms with E-state index in [1.807, 2.05) is 20.3 Å². The molecule has 1 saturated carbocycles. The van der Waals surface area contributed by atoms with Crippen LogP contribution in [0.25, 0.3) is 0 Å². The van der Waals surface area contributed by atoms with Crippen molar-refractivity contribution in [1.29, 1.82) is 0 Å². The molecule has 0 nitrogen and oxygen atoms in total.